The molecule has 0 unspecified atom stereocenters. The highest BCUT2D eigenvalue weighted by Gasteiger charge is 2.54. The maximum absolute atomic E-state index is 12.8. The van der Waals surface area contributed by atoms with E-state index in [1.807, 2.05) is 12.1 Å². The average Bonchev–Trinajstić information content (AvgIpc) is 2.54. The number of carbonyl (C=O) groups is 1. The van der Waals surface area contributed by atoms with Crippen molar-refractivity contribution in [3.05, 3.63) is 29.8 Å². The molecule has 0 radical (unpaired) electrons. The lowest BCUT2D eigenvalue weighted by atomic mass is 9.91. The summed E-state index contributed by atoms with van der Waals surface area (Å²) >= 11 is 0. The van der Waals surface area contributed by atoms with E-state index in [1.54, 1.807) is 12.1 Å². The summed E-state index contributed by atoms with van der Waals surface area (Å²) in [6.07, 6.45) is -2.48. The number of piperidine rings is 1. The molecule has 0 bridgehead atoms. The van der Waals surface area contributed by atoms with E-state index >= 15 is 0 Å². The summed E-state index contributed by atoms with van der Waals surface area (Å²) in [6.45, 7) is 1.86. The third-order valence-corrected chi connectivity index (χ3v) is 4.43. The Labute approximate surface area is 139 Å². The second-order valence-corrected chi connectivity index (χ2v) is 6.25. The number of aryl methyl sites for hydroxylation is 1. The van der Waals surface area contributed by atoms with Gasteiger partial charge in [-0.15, -0.1) is 0 Å². The number of rotatable bonds is 4. The molecule has 2 rings (SSSR count). The lowest BCUT2D eigenvalue weighted by Gasteiger charge is -2.38. The number of likely N-dealkylation sites (tertiary alicyclic amines) is 1. The molecular formula is C17H23F3N2O2. The number of urea groups is 1. The number of anilines is 1. The van der Waals surface area contributed by atoms with Crippen molar-refractivity contribution < 1.29 is 23.1 Å². The van der Waals surface area contributed by atoms with Crippen molar-refractivity contribution in [2.45, 2.75) is 50.8 Å². The second-order valence-electron chi connectivity index (χ2n) is 6.25. The molecule has 0 saturated carbocycles. The highest BCUT2D eigenvalue weighted by Crippen LogP contribution is 2.38. The zero-order valence-corrected chi connectivity index (χ0v) is 13.7. The number of hydrogen-bond acceptors (Lipinski definition) is 2. The van der Waals surface area contributed by atoms with Crippen LogP contribution in [0.3, 0.4) is 0 Å². The molecule has 1 heterocycles. The molecule has 1 saturated heterocycles. The standard InChI is InChI=1S/C17H23F3N2O2/c1-2-3-4-13-5-7-14(8-6-13)21-15(23)22-11-9-16(24,10-12-22)17(18,19)20/h5-8,24H,2-4,9-12H2,1H3,(H,21,23). The van der Waals surface area contributed by atoms with Crippen LogP contribution in [-0.4, -0.2) is 40.9 Å². The Balaban J connectivity index is 1.87. The maximum Gasteiger partial charge on any atom is 0.417 e. The number of amides is 2. The Morgan fingerprint density at radius 2 is 1.83 bits per heavy atom. The third-order valence-electron chi connectivity index (χ3n) is 4.43. The van der Waals surface area contributed by atoms with Gasteiger partial charge in [-0.2, -0.15) is 13.2 Å². The number of aliphatic hydroxyl groups is 1. The lowest BCUT2D eigenvalue weighted by Crippen LogP contribution is -2.55. The zero-order valence-electron chi connectivity index (χ0n) is 13.7. The van der Waals surface area contributed by atoms with Crippen molar-refractivity contribution in [3.8, 4) is 0 Å². The Hall–Kier alpha value is -1.76. The number of carbonyl (C=O) groups excluding carboxylic acids is 1. The molecule has 7 heteroatoms. The smallest absolute Gasteiger partial charge is 0.380 e. The Bertz CT molecular complexity index is 550. The molecule has 1 aliphatic rings. The lowest BCUT2D eigenvalue weighted by molar-refractivity contribution is -0.271. The fourth-order valence-electron chi connectivity index (χ4n) is 2.70. The van der Waals surface area contributed by atoms with Crippen LogP contribution in [0.1, 0.15) is 38.2 Å². The highest BCUT2D eigenvalue weighted by molar-refractivity contribution is 5.89. The topological polar surface area (TPSA) is 52.6 Å². The molecule has 0 aliphatic carbocycles. The van der Waals surface area contributed by atoms with E-state index in [4.69, 9.17) is 0 Å². The Morgan fingerprint density at radius 3 is 2.33 bits per heavy atom. The maximum atomic E-state index is 12.8. The second kappa shape index (κ2) is 7.42. The van der Waals surface area contributed by atoms with Crippen molar-refractivity contribution in [1.82, 2.24) is 4.90 Å². The zero-order chi connectivity index (χ0) is 17.8. The number of unbranched alkanes of at least 4 members (excludes halogenated alkanes) is 1. The minimum atomic E-state index is -4.66. The first-order valence-electron chi connectivity index (χ1n) is 8.19. The van der Waals surface area contributed by atoms with E-state index in [0.29, 0.717) is 5.69 Å². The van der Waals surface area contributed by atoms with Crippen LogP contribution in [-0.2, 0) is 6.42 Å². The summed E-state index contributed by atoms with van der Waals surface area (Å²) in [7, 11) is 0. The van der Waals surface area contributed by atoms with E-state index < -0.39 is 30.7 Å². The van der Waals surface area contributed by atoms with Crippen LogP contribution in [0.4, 0.5) is 23.7 Å². The van der Waals surface area contributed by atoms with Gasteiger partial charge in [-0.1, -0.05) is 25.5 Å². The van der Waals surface area contributed by atoms with E-state index in [-0.39, 0.29) is 13.1 Å². The average molecular weight is 344 g/mol. The van der Waals surface area contributed by atoms with Crippen LogP contribution in [0, 0.1) is 0 Å². The molecule has 1 fully saturated rings. The van der Waals surface area contributed by atoms with Gasteiger partial charge in [0.05, 0.1) is 0 Å². The first-order chi connectivity index (χ1) is 11.2. The van der Waals surface area contributed by atoms with Gasteiger partial charge in [-0.25, -0.2) is 4.79 Å². The van der Waals surface area contributed by atoms with E-state index in [9.17, 15) is 23.1 Å². The largest absolute Gasteiger partial charge is 0.417 e. The van der Waals surface area contributed by atoms with Crippen LogP contribution in [0.15, 0.2) is 24.3 Å². The first kappa shape index (κ1) is 18.6. The third kappa shape index (κ3) is 4.41. The number of benzene rings is 1. The SMILES string of the molecule is CCCCc1ccc(NC(=O)N2CCC(O)(C(F)(F)F)CC2)cc1. The minimum Gasteiger partial charge on any atom is -0.380 e. The van der Waals surface area contributed by atoms with Gasteiger partial charge in [0.2, 0.25) is 0 Å². The molecule has 134 valence electrons. The highest BCUT2D eigenvalue weighted by atomic mass is 19.4. The number of halogens is 3. The minimum absolute atomic E-state index is 0.129. The monoisotopic (exact) mass is 344 g/mol. The molecule has 1 aromatic carbocycles. The quantitative estimate of drug-likeness (QED) is 0.869. The molecule has 24 heavy (non-hydrogen) atoms. The summed E-state index contributed by atoms with van der Waals surface area (Å²) in [5.41, 5.74) is -0.898. The van der Waals surface area contributed by atoms with Gasteiger partial charge >= 0.3 is 12.2 Å². The number of alkyl halides is 3. The van der Waals surface area contributed by atoms with Crippen LogP contribution in [0.25, 0.3) is 0 Å². The molecule has 0 aromatic heterocycles. The summed E-state index contributed by atoms with van der Waals surface area (Å²) in [5, 5.41) is 12.3. The number of nitrogens with one attached hydrogen (secondary N) is 1. The summed E-state index contributed by atoms with van der Waals surface area (Å²) in [6, 6.07) is 7.01. The van der Waals surface area contributed by atoms with Gasteiger partial charge in [0.1, 0.15) is 0 Å². The van der Waals surface area contributed by atoms with Gasteiger partial charge in [-0.3, -0.25) is 0 Å². The van der Waals surface area contributed by atoms with Gasteiger partial charge in [-0.05, 0) is 30.5 Å². The molecule has 0 spiro atoms. The Kier molecular flexibility index (Phi) is 5.74. The first-order valence-corrected chi connectivity index (χ1v) is 8.19. The van der Waals surface area contributed by atoms with E-state index in [2.05, 4.69) is 12.2 Å². The Morgan fingerprint density at radius 1 is 1.25 bits per heavy atom. The molecule has 2 amide bonds. The van der Waals surface area contributed by atoms with Gasteiger partial charge in [0.25, 0.3) is 0 Å². The molecule has 1 aliphatic heterocycles. The van der Waals surface area contributed by atoms with Crippen molar-refractivity contribution in [3.63, 3.8) is 0 Å². The van der Waals surface area contributed by atoms with Crippen LogP contribution >= 0.6 is 0 Å². The summed E-state index contributed by atoms with van der Waals surface area (Å²) < 4.78 is 38.3. The molecule has 1 aromatic rings. The molecular weight excluding hydrogens is 321 g/mol. The summed E-state index contributed by atoms with van der Waals surface area (Å²) in [4.78, 5) is 13.4. The predicted octanol–water partition coefficient (Wildman–Crippen LogP) is 3.95. The normalized spacial score (nSPS) is 17.6. The van der Waals surface area contributed by atoms with Gasteiger partial charge in [0.15, 0.2) is 5.60 Å². The fourth-order valence-corrected chi connectivity index (χ4v) is 2.70. The van der Waals surface area contributed by atoms with E-state index in [1.165, 1.54) is 10.5 Å². The van der Waals surface area contributed by atoms with Crippen molar-refractivity contribution in [2.75, 3.05) is 18.4 Å². The van der Waals surface area contributed by atoms with Gasteiger partial charge < -0.3 is 15.3 Å². The van der Waals surface area contributed by atoms with Crippen molar-refractivity contribution in [1.29, 1.82) is 0 Å². The van der Waals surface area contributed by atoms with Gasteiger partial charge in [0, 0.05) is 31.6 Å². The number of nitrogens with zero attached hydrogens (tertiary/aromatic N) is 1. The fraction of sp³-hybridized carbons (Fsp3) is 0.588. The van der Waals surface area contributed by atoms with Crippen LogP contribution in [0.2, 0.25) is 0 Å². The molecule has 4 nitrogen and oxygen atoms in total. The van der Waals surface area contributed by atoms with Crippen LogP contribution < -0.4 is 5.32 Å². The van der Waals surface area contributed by atoms with E-state index in [0.717, 1.165) is 19.3 Å². The van der Waals surface area contributed by atoms with Crippen molar-refractivity contribution >= 4 is 11.7 Å². The van der Waals surface area contributed by atoms with Crippen LogP contribution in [0.5, 0.6) is 0 Å². The predicted molar refractivity (Wildman–Crippen MR) is 85.9 cm³/mol. The summed E-state index contributed by atoms with van der Waals surface area (Å²) in [5.74, 6) is 0. The van der Waals surface area contributed by atoms with Crippen molar-refractivity contribution in [2.24, 2.45) is 0 Å². The molecule has 0 atom stereocenters. The number of hydrogen-bond donors (Lipinski definition) is 2. The molecule has 2 N–H and O–H groups in total.